The highest BCUT2D eigenvalue weighted by Gasteiger charge is 2.34. The standard InChI is InChI=1S/C9H16N2O7/c1-4(13)2-10-11-9(18)8(17)7(16)6(15)5(14)3-12/h2,5-8,12,14-17H,3H2,1H3,(H,11,18)/b10-2-/t5-,6-,7-,8-/m1/s1. The Morgan fingerprint density at radius 2 is 1.78 bits per heavy atom. The molecule has 0 unspecified atom stereocenters. The molecule has 6 N–H and O–H groups in total. The summed E-state index contributed by atoms with van der Waals surface area (Å²) in [7, 11) is 0. The molecule has 0 bridgehead atoms. The number of nitrogens with one attached hydrogen (secondary N) is 1. The Hall–Kier alpha value is -1.39. The van der Waals surface area contributed by atoms with Crippen molar-refractivity contribution in [1.82, 2.24) is 5.43 Å². The molecule has 0 saturated carbocycles. The number of Topliss-reactive ketones (excluding diaryl/α,β-unsaturated/α-hetero) is 1. The van der Waals surface area contributed by atoms with E-state index < -0.39 is 42.7 Å². The minimum atomic E-state index is -2.08. The molecule has 1 amide bonds. The van der Waals surface area contributed by atoms with E-state index in [1.54, 1.807) is 5.43 Å². The summed E-state index contributed by atoms with van der Waals surface area (Å²) in [6, 6.07) is 0. The van der Waals surface area contributed by atoms with Gasteiger partial charge in [-0.25, -0.2) is 5.43 Å². The monoisotopic (exact) mass is 264 g/mol. The summed E-state index contributed by atoms with van der Waals surface area (Å²) in [5.74, 6) is -1.62. The van der Waals surface area contributed by atoms with E-state index in [0.717, 1.165) is 6.21 Å². The van der Waals surface area contributed by atoms with E-state index in [9.17, 15) is 24.9 Å². The molecule has 0 spiro atoms. The highest BCUT2D eigenvalue weighted by Crippen LogP contribution is 2.05. The molecular weight excluding hydrogens is 248 g/mol. The topological polar surface area (TPSA) is 160 Å². The van der Waals surface area contributed by atoms with Gasteiger partial charge in [0.25, 0.3) is 5.91 Å². The van der Waals surface area contributed by atoms with Gasteiger partial charge in [-0.15, -0.1) is 0 Å². The SMILES string of the molecule is CC(=O)/C=N\NC(=O)[C@H](O)[C@H](O)[C@H](O)[C@H](O)CO. The molecule has 0 aliphatic carbocycles. The second-order valence-electron chi connectivity index (χ2n) is 3.52. The van der Waals surface area contributed by atoms with E-state index >= 15 is 0 Å². The van der Waals surface area contributed by atoms with Crippen LogP contribution in [0.25, 0.3) is 0 Å². The maximum absolute atomic E-state index is 11.2. The summed E-state index contributed by atoms with van der Waals surface area (Å²) in [4.78, 5) is 21.6. The Morgan fingerprint density at radius 3 is 2.22 bits per heavy atom. The first kappa shape index (κ1) is 16.6. The third-order valence-electron chi connectivity index (χ3n) is 1.94. The van der Waals surface area contributed by atoms with Gasteiger partial charge >= 0.3 is 0 Å². The first-order valence-corrected chi connectivity index (χ1v) is 4.97. The number of carbonyl (C=O) groups is 2. The van der Waals surface area contributed by atoms with E-state index in [2.05, 4.69) is 5.10 Å². The maximum Gasteiger partial charge on any atom is 0.271 e. The van der Waals surface area contributed by atoms with Crippen LogP contribution in [0.4, 0.5) is 0 Å². The number of aliphatic hydroxyl groups excluding tert-OH is 5. The van der Waals surface area contributed by atoms with Crippen molar-refractivity contribution in [3.8, 4) is 0 Å². The summed E-state index contributed by atoms with van der Waals surface area (Å²) in [5, 5.41) is 48.5. The Labute approximate surface area is 102 Å². The minimum absolute atomic E-state index is 0.443. The van der Waals surface area contributed by atoms with Gasteiger partial charge in [-0.2, -0.15) is 5.10 Å². The van der Waals surface area contributed by atoms with Gasteiger partial charge in [-0.3, -0.25) is 9.59 Å². The van der Waals surface area contributed by atoms with Crippen LogP contribution in [0.3, 0.4) is 0 Å². The van der Waals surface area contributed by atoms with Crippen molar-refractivity contribution in [2.75, 3.05) is 6.61 Å². The summed E-state index contributed by atoms with van der Waals surface area (Å²) >= 11 is 0. The lowest BCUT2D eigenvalue weighted by atomic mass is 10.0. The summed E-state index contributed by atoms with van der Waals surface area (Å²) in [5.41, 5.74) is 1.75. The van der Waals surface area contributed by atoms with Crippen LogP contribution in [-0.2, 0) is 9.59 Å². The Morgan fingerprint density at radius 1 is 1.22 bits per heavy atom. The summed E-state index contributed by atoms with van der Waals surface area (Å²) < 4.78 is 0. The lowest BCUT2D eigenvalue weighted by Crippen LogP contribution is -2.51. The minimum Gasteiger partial charge on any atom is -0.394 e. The van der Waals surface area contributed by atoms with Crippen LogP contribution in [0.5, 0.6) is 0 Å². The maximum atomic E-state index is 11.2. The average Bonchev–Trinajstić information content (AvgIpc) is 2.34. The number of carbonyl (C=O) groups excluding carboxylic acids is 2. The number of hydrogen-bond donors (Lipinski definition) is 6. The van der Waals surface area contributed by atoms with Crippen LogP contribution in [-0.4, -0.2) is 74.5 Å². The highest BCUT2D eigenvalue weighted by molar-refractivity contribution is 6.26. The molecule has 0 rings (SSSR count). The Kier molecular flexibility index (Phi) is 7.24. The van der Waals surface area contributed by atoms with E-state index in [4.69, 9.17) is 10.2 Å². The predicted octanol–water partition coefficient (Wildman–Crippen LogP) is -3.89. The van der Waals surface area contributed by atoms with E-state index in [1.807, 2.05) is 0 Å². The summed E-state index contributed by atoms with van der Waals surface area (Å²) in [6.07, 6.45) is -6.93. The number of hydrogen-bond acceptors (Lipinski definition) is 8. The fraction of sp³-hybridized carbons (Fsp3) is 0.667. The molecule has 0 aromatic carbocycles. The molecule has 9 heteroatoms. The zero-order valence-electron chi connectivity index (χ0n) is 9.59. The molecule has 0 aliphatic rings. The quantitative estimate of drug-likeness (QED) is 0.202. The number of ketones is 1. The van der Waals surface area contributed by atoms with E-state index in [0.29, 0.717) is 0 Å². The second-order valence-corrected chi connectivity index (χ2v) is 3.52. The molecule has 0 aromatic rings. The van der Waals surface area contributed by atoms with Gasteiger partial charge in [0.2, 0.25) is 0 Å². The van der Waals surface area contributed by atoms with Gasteiger partial charge in [0.1, 0.15) is 18.3 Å². The lowest BCUT2D eigenvalue weighted by molar-refractivity contribution is -0.148. The van der Waals surface area contributed by atoms with Gasteiger partial charge in [0, 0.05) is 6.92 Å². The van der Waals surface area contributed by atoms with Crippen molar-refractivity contribution in [3.63, 3.8) is 0 Å². The molecule has 18 heavy (non-hydrogen) atoms. The van der Waals surface area contributed by atoms with Crippen LogP contribution in [0, 0.1) is 0 Å². The fourth-order valence-electron chi connectivity index (χ4n) is 0.930. The summed E-state index contributed by atoms with van der Waals surface area (Å²) in [6.45, 7) is 0.331. The van der Waals surface area contributed by atoms with Gasteiger partial charge in [-0.05, 0) is 0 Å². The molecule has 0 fully saturated rings. The van der Waals surface area contributed by atoms with Crippen molar-refractivity contribution in [2.24, 2.45) is 5.10 Å². The third-order valence-corrected chi connectivity index (χ3v) is 1.94. The van der Waals surface area contributed by atoms with Crippen molar-refractivity contribution in [2.45, 2.75) is 31.3 Å². The van der Waals surface area contributed by atoms with Crippen molar-refractivity contribution in [1.29, 1.82) is 0 Å². The number of rotatable bonds is 7. The molecule has 0 heterocycles. The number of aliphatic hydroxyl groups is 5. The van der Waals surface area contributed by atoms with Crippen LogP contribution < -0.4 is 5.43 Å². The Bertz CT molecular complexity index is 320. The molecule has 0 saturated heterocycles. The molecule has 0 aromatic heterocycles. The first-order chi connectivity index (χ1) is 8.31. The largest absolute Gasteiger partial charge is 0.394 e. The molecule has 4 atom stereocenters. The number of nitrogens with zero attached hydrogens (tertiary/aromatic N) is 1. The van der Waals surface area contributed by atoms with Gasteiger partial charge in [0.15, 0.2) is 11.9 Å². The fourth-order valence-corrected chi connectivity index (χ4v) is 0.930. The van der Waals surface area contributed by atoms with Crippen molar-refractivity contribution in [3.05, 3.63) is 0 Å². The molecule has 0 radical (unpaired) electrons. The zero-order chi connectivity index (χ0) is 14.3. The van der Waals surface area contributed by atoms with Crippen molar-refractivity contribution < 1.29 is 35.1 Å². The second kappa shape index (κ2) is 7.84. The van der Waals surface area contributed by atoms with Crippen LogP contribution >= 0.6 is 0 Å². The van der Waals surface area contributed by atoms with Gasteiger partial charge in [0.05, 0.1) is 12.8 Å². The van der Waals surface area contributed by atoms with Crippen LogP contribution in [0.15, 0.2) is 5.10 Å². The van der Waals surface area contributed by atoms with Crippen LogP contribution in [0.1, 0.15) is 6.92 Å². The van der Waals surface area contributed by atoms with E-state index in [1.165, 1.54) is 6.92 Å². The normalized spacial score (nSPS) is 18.1. The average molecular weight is 264 g/mol. The molecular formula is C9H16N2O7. The van der Waals surface area contributed by atoms with Gasteiger partial charge < -0.3 is 25.5 Å². The smallest absolute Gasteiger partial charge is 0.271 e. The molecule has 9 nitrogen and oxygen atoms in total. The molecule has 0 aliphatic heterocycles. The number of amides is 1. The first-order valence-electron chi connectivity index (χ1n) is 4.97. The van der Waals surface area contributed by atoms with Crippen LogP contribution in [0.2, 0.25) is 0 Å². The van der Waals surface area contributed by atoms with Crippen molar-refractivity contribution >= 4 is 17.9 Å². The molecule has 104 valence electrons. The Balaban J connectivity index is 4.40. The number of hydrazone groups is 1. The van der Waals surface area contributed by atoms with E-state index in [-0.39, 0.29) is 0 Å². The third kappa shape index (κ3) is 5.29. The predicted molar refractivity (Wildman–Crippen MR) is 58.4 cm³/mol. The lowest BCUT2D eigenvalue weighted by Gasteiger charge is -2.24. The zero-order valence-corrected chi connectivity index (χ0v) is 9.59. The highest BCUT2D eigenvalue weighted by atomic mass is 16.4. The van der Waals surface area contributed by atoms with Gasteiger partial charge in [-0.1, -0.05) is 0 Å².